The number of thioether (sulfide) groups is 1. The second kappa shape index (κ2) is 14.5. The van der Waals surface area contributed by atoms with E-state index in [2.05, 4.69) is 5.32 Å². The summed E-state index contributed by atoms with van der Waals surface area (Å²) in [5, 5.41) is 3.05. The number of ether oxygens (including phenoxy) is 1. The van der Waals surface area contributed by atoms with E-state index in [1.807, 2.05) is 67.6 Å². The monoisotopic (exact) mass is 470 g/mol. The molecule has 33 heavy (non-hydrogen) atoms. The van der Waals surface area contributed by atoms with Gasteiger partial charge in [0.2, 0.25) is 5.91 Å². The molecule has 6 nitrogen and oxygen atoms in total. The molecule has 1 amide bonds. The van der Waals surface area contributed by atoms with Gasteiger partial charge in [0, 0.05) is 24.3 Å². The number of esters is 1. The van der Waals surface area contributed by atoms with Gasteiger partial charge in [-0.05, 0) is 31.4 Å². The van der Waals surface area contributed by atoms with Crippen molar-refractivity contribution in [3.63, 3.8) is 0 Å². The number of carbonyl (C=O) groups is 3. The van der Waals surface area contributed by atoms with Crippen molar-refractivity contribution in [3.8, 4) is 0 Å². The predicted octanol–water partition coefficient (Wildman–Crippen LogP) is 4.04. The van der Waals surface area contributed by atoms with E-state index in [0.29, 0.717) is 5.75 Å². The van der Waals surface area contributed by atoms with Gasteiger partial charge in [-0.2, -0.15) is 11.8 Å². The van der Waals surface area contributed by atoms with E-state index in [1.54, 1.807) is 18.7 Å². The third kappa shape index (κ3) is 9.80. The lowest BCUT2D eigenvalue weighted by molar-refractivity contribution is -0.145. The van der Waals surface area contributed by atoms with Crippen molar-refractivity contribution in [2.45, 2.75) is 50.9 Å². The van der Waals surface area contributed by atoms with Crippen molar-refractivity contribution in [2.24, 2.45) is 11.7 Å². The van der Waals surface area contributed by atoms with Gasteiger partial charge in [-0.3, -0.25) is 14.4 Å². The minimum atomic E-state index is -0.827. The quantitative estimate of drug-likeness (QED) is 0.404. The molecule has 2 aromatic rings. The molecule has 7 heteroatoms. The average Bonchev–Trinajstić information content (AvgIpc) is 2.83. The zero-order valence-electron chi connectivity index (χ0n) is 19.4. The normalized spacial score (nSPS) is 13.5. The van der Waals surface area contributed by atoms with Crippen molar-refractivity contribution in [1.82, 2.24) is 5.32 Å². The van der Waals surface area contributed by atoms with Crippen LogP contribution in [-0.2, 0) is 24.9 Å². The van der Waals surface area contributed by atoms with E-state index in [4.69, 9.17) is 10.5 Å². The highest BCUT2D eigenvalue weighted by atomic mass is 32.2. The maximum absolute atomic E-state index is 13.1. The van der Waals surface area contributed by atoms with Crippen molar-refractivity contribution in [3.05, 3.63) is 71.8 Å². The predicted molar refractivity (Wildman–Crippen MR) is 133 cm³/mol. The molecule has 0 saturated carbocycles. The molecule has 3 N–H and O–H groups in total. The first kappa shape index (κ1) is 26.6. The van der Waals surface area contributed by atoms with Gasteiger partial charge in [0.1, 0.15) is 11.8 Å². The van der Waals surface area contributed by atoms with Gasteiger partial charge in [-0.15, -0.1) is 0 Å². The summed E-state index contributed by atoms with van der Waals surface area (Å²) >= 11 is 1.63. The smallest absolute Gasteiger partial charge is 0.322 e. The molecule has 0 aromatic heterocycles. The molecular formula is C26H34N2O4S. The number of carbonyl (C=O) groups excluding carboxylic acids is 3. The van der Waals surface area contributed by atoms with Crippen LogP contribution in [0, 0.1) is 5.92 Å². The van der Waals surface area contributed by atoms with Gasteiger partial charge < -0.3 is 15.8 Å². The zero-order valence-corrected chi connectivity index (χ0v) is 20.2. The summed E-state index contributed by atoms with van der Waals surface area (Å²) in [5.41, 5.74) is 7.99. The lowest BCUT2D eigenvalue weighted by Gasteiger charge is -2.20. The number of ketones is 1. The number of rotatable bonds is 14. The lowest BCUT2D eigenvalue weighted by Crippen LogP contribution is -2.36. The van der Waals surface area contributed by atoms with Crippen LogP contribution in [0.4, 0.5) is 0 Å². The molecule has 0 spiro atoms. The summed E-state index contributed by atoms with van der Waals surface area (Å²) < 4.78 is 4.89. The van der Waals surface area contributed by atoms with E-state index in [0.717, 1.165) is 11.3 Å². The molecule has 0 bridgehead atoms. The van der Waals surface area contributed by atoms with E-state index >= 15 is 0 Å². The SMILES string of the molecule is CCOC(=O)[C@@H](N)CCC(=O)C[C@@H](CSCc1ccccc1)C(=O)N[C@@H](C)c1ccccc1. The lowest BCUT2D eigenvalue weighted by atomic mass is 9.98. The first-order valence-corrected chi connectivity index (χ1v) is 12.5. The van der Waals surface area contributed by atoms with Crippen molar-refractivity contribution < 1.29 is 19.1 Å². The average molecular weight is 471 g/mol. The van der Waals surface area contributed by atoms with E-state index in [-0.39, 0.29) is 43.6 Å². The summed E-state index contributed by atoms with van der Waals surface area (Å²) in [6.45, 7) is 3.89. The second-order valence-electron chi connectivity index (χ2n) is 7.98. The van der Waals surface area contributed by atoms with Gasteiger partial charge in [-0.1, -0.05) is 60.7 Å². The van der Waals surface area contributed by atoms with Gasteiger partial charge in [0.05, 0.1) is 18.6 Å². The Bertz CT molecular complexity index is 876. The molecule has 0 aliphatic heterocycles. The highest BCUT2D eigenvalue weighted by molar-refractivity contribution is 7.98. The Labute approximate surface area is 200 Å². The molecular weight excluding hydrogens is 436 g/mol. The summed E-state index contributed by atoms with van der Waals surface area (Å²) in [6.07, 6.45) is 0.468. The van der Waals surface area contributed by atoms with Crippen LogP contribution in [0.3, 0.4) is 0 Å². The molecule has 0 fully saturated rings. The molecule has 178 valence electrons. The first-order chi connectivity index (χ1) is 15.9. The van der Waals surface area contributed by atoms with Crippen LogP contribution in [0.25, 0.3) is 0 Å². The second-order valence-corrected chi connectivity index (χ2v) is 9.01. The Hall–Kier alpha value is -2.64. The van der Waals surface area contributed by atoms with Gasteiger partial charge in [0.15, 0.2) is 0 Å². The molecule has 2 aromatic carbocycles. The molecule has 0 aliphatic carbocycles. The molecule has 0 aliphatic rings. The number of hydrogen-bond donors (Lipinski definition) is 2. The van der Waals surface area contributed by atoms with E-state index < -0.39 is 17.9 Å². The highest BCUT2D eigenvalue weighted by Gasteiger charge is 2.24. The fourth-order valence-corrected chi connectivity index (χ4v) is 4.44. The minimum absolute atomic E-state index is 0.0810. The maximum atomic E-state index is 13.1. The van der Waals surface area contributed by atoms with Gasteiger partial charge in [-0.25, -0.2) is 0 Å². The van der Waals surface area contributed by atoms with E-state index in [1.165, 1.54) is 5.56 Å². The minimum Gasteiger partial charge on any atom is -0.465 e. The molecule has 0 heterocycles. The van der Waals surface area contributed by atoms with Gasteiger partial charge >= 0.3 is 5.97 Å². The number of hydrogen-bond acceptors (Lipinski definition) is 6. The Morgan fingerprint density at radius 2 is 1.67 bits per heavy atom. The summed E-state index contributed by atoms with van der Waals surface area (Å²) in [4.78, 5) is 37.4. The Morgan fingerprint density at radius 1 is 1.03 bits per heavy atom. The fourth-order valence-electron chi connectivity index (χ4n) is 3.34. The van der Waals surface area contributed by atoms with Crippen molar-refractivity contribution in [2.75, 3.05) is 12.4 Å². The highest BCUT2D eigenvalue weighted by Crippen LogP contribution is 2.21. The molecule has 3 atom stereocenters. The summed E-state index contributed by atoms with van der Waals surface area (Å²) in [5.74, 6) is 0.0991. The summed E-state index contributed by atoms with van der Waals surface area (Å²) in [7, 11) is 0. The largest absolute Gasteiger partial charge is 0.465 e. The van der Waals surface area contributed by atoms with Crippen molar-refractivity contribution in [1.29, 1.82) is 0 Å². The van der Waals surface area contributed by atoms with E-state index in [9.17, 15) is 14.4 Å². The van der Waals surface area contributed by atoms with Crippen LogP contribution in [0.1, 0.15) is 50.3 Å². The zero-order chi connectivity index (χ0) is 24.1. The number of nitrogens with two attached hydrogens (primary N) is 1. The Kier molecular flexibility index (Phi) is 11.7. The number of nitrogens with one attached hydrogen (secondary N) is 1. The first-order valence-electron chi connectivity index (χ1n) is 11.3. The maximum Gasteiger partial charge on any atom is 0.322 e. The van der Waals surface area contributed by atoms with Gasteiger partial charge in [0.25, 0.3) is 0 Å². The number of Topliss-reactive ketones (excluding diaryl/α,β-unsaturated/α-hetero) is 1. The molecule has 0 unspecified atom stereocenters. The number of amides is 1. The third-order valence-electron chi connectivity index (χ3n) is 5.26. The van der Waals surface area contributed by atoms with Crippen LogP contribution in [0.5, 0.6) is 0 Å². The topological polar surface area (TPSA) is 98.5 Å². The third-order valence-corrected chi connectivity index (χ3v) is 6.43. The van der Waals surface area contributed by atoms with Crippen LogP contribution < -0.4 is 11.1 Å². The Morgan fingerprint density at radius 3 is 2.30 bits per heavy atom. The van der Waals surface area contributed by atoms with Crippen molar-refractivity contribution >= 4 is 29.4 Å². The molecule has 2 rings (SSSR count). The van der Waals surface area contributed by atoms with Crippen LogP contribution >= 0.6 is 11.8 Å². The van der Waals surface area contributed by atoms with Crippen LogP contribution in [0.15, 0.2) is 60.7 Å². The standard InChI is InChI=1S/C26H34N2O4S/c1-3-32-26(31)24(27)15-14-23(29)16-22(18-33-17-20-10-6-4-7-11-20)25(30)28-19(2)21-12-8-5-9-13-21/h4-13,19,22,24H,3,14-18,27H2,1-2H3,(H,28,30)/t19-,22-,24-/m0/s1. The number of benzene rings is 2. The molecule has 0 saturated heterocycles. The van der Waals surface area contributed by atoms with Crippen LogP contribution in [0.2, 0.25) is 0 Å². The fraction of sp³-hybridized carbons (Fsp3) is 0.423. The molecule has 0 radical (unpaired) electrons. The summed E-state index contributed by atoms with van der Waals surface area (Å²) in [6, 6.07) is 18.8. The van der Waals surface area contributed by atoms with Crippen LogP contribution in [-0.4, -0.2) is 36.1 Å². The Balaban J connectivity index is 1.95.